The number of rotatable bonds is 4. The van der Waals surface area contributed by atoms with Gasteiger partial charge in [0.05, 0.1) is 0 Å². The molecule has 1 atom stereocenters. The van der Waals surface area contributed by atoms with E-state index in [0.717, 1.165) is 17.1 Å². The first kappa shape index (κ1) is 48.5. The van der Waals surface area contributed by atoms with Crippen LogP contribution in [0.2, 0.25) is 0 Å². The van der Waals surface area contributed by atoms with Crippen molar-refractivity contribution in [2.24, 2.45) is 0 Å². The van der Waals surface area contributed by atoms with E-state index >= 15 is 0 Å². The third-order valence-corrected chi connectivity index (χ3v) is 17.8. The lowest BCUT2D eigenvalue weighted by Gasteiger charge is -2.40. The van der Waals surface area contributed by atoms with E-state index in [9.17, 15) is 0 Å². The second kappa shape index (κ2) is 16.8. The predicted octanol–water partition coefficient (Wildman–Crippen LogP) is 19.2. The van der Waals surface area contributed by atoms with Crippen LogP contribution in [0.25, 0.3) is 76.0 Å². The summed E-state index contributed by atoms with van der Waals surface area (Å²) in [6.07, 6.45) is 0. The van der Waals surface area contributed by atoms with Gasteiger partial charge in [0.15, 0.2) is 0 Å². The summed E-state index contributed by atoms with van der Waals surface area (Å²) < 4.78 is 2.79. The monoisotopic (exact) mass is 1010 g/mol. The number of para-hydroxylation sites is 2. The zero-order chi connectivity index (χ0) is 53.9. The van der Waals surface area contributed by atoms with Crippen LogP contribution in [0.4, 0.5) is 17.1 Å². The maximum atomic E-state index is 2.79. The average Bonchev–Trinajstić information content (AvgIpc) is 2.27. The molecule has 14 rings (SSSR count). The second-order valence-corrected chi connectivity index (χ2v) is 27.0. The Hall–Kier alpha value is -7.88. The van der Waals surface area contributed by atoms with Gasteiger partial charge in [0.2, 0.25) is 0 Å². The molecule has 2 aliphatic rings. The Morgan fingerprint density at radius 2 is 0.846 bits per heavy atom. The zero-order valence-electron chi connectivity index (χ0n) is 47.5. The Balaban J connectivity index is 1.19. The molecule has 0 N–H and O–H groups in total. The van der Waals surface area contributed by atoms with Crippen LogP contribution in [0.1, 0.15) is 128 Å². The molecule has 0 saturated heterocycles. The van der Waals surface area contributed by atoms with Gasteiger partial charge in [0.25, 0.3) is 0 Å². The molecule has 1 unspecified atom stereocenters. The first-order valence-corrected chi connectivity index (χ1v) is 28.4. The minimum atomic E-state index is -0.105. The molecular formula is C75H69BN2. The van der Waals surface area contributed by atoms with Crippen LogP contribution >= 0.6 is 0 Å². The summed E-state index contributed by atoms with van der Waals surface area (Å²) in [4.78, 5) is 2.50. The van der Waals surface area contributed by atoms with E-state index in [1.807, 2.05) is 0 Å². The summed E-state index contributed by atoms with van der Waals surface area (Å²) in [7, 11) is 0. The van der Waals surface area contributed by atoms with Gasteiger partial charge in [-0.15, -0.1) is 0 Å². The first-order chi connectivity index (χ1) is 37.2. The van der Waals surface area contributed by atoms with Crippen LogP contribution in [0, 0.1) is 0 Å². The maximum Gasteiger partial charge on any atom is 0.329 e. The number of anilines is 3. The average molecular weight is 1010 g/mol. The van der Waals surface area contributed by atoms with Gasteiger partial charge in [0.1, 0.15) is 0 Å². The van der Waals surface area contributed by atoms with Crippen molar-refractivity contribution in [3.05, 3.63) is 233 Å². The van der Waals surface area contributed by atoms with Gasteiger partial charge < -0.3 is 9.38 Å². The number of nitrogens with zero attached hydrogens (tertiary/aromatic N) is 2. The highest BCUT2D eigenvalue weighted by atomic mass is 15.1. The van der Waals surface area contributed by atoms with E-state index < -0.39 is 0 Å². The Kier molecular flexibility index (Phi) is 10.5. The predicted molar refractivity (Wildman–Crippen MR) is 339 cm³/mol. The summed E-state index contributed by atoms with van der Waals surface area (Å²) in [5.74, 6) is -0.0904. The maximum absolute atomic E-state index is 2.79. The molecule has 0 spiro atoms. The number of benzene rings is 11. The van der Waals surface area contributed by atoms with Crippen molar-refractivity contribution in [2.45, 2.75) is 111 Å². The molecule has 0 amide bonds. The van der Waals surface area contributed by atoms with E-state index in [4.69, 9.17) is 0 Å². The Morgan fingerprint density at radius 3 is 1.38 bits per heavy atom. The molecule has 3 heterocycles. The smallest absolute Gasteiger partial charge is 0.329 e. The van der Waals surface area contributed by atoms with Crippen molar-refractivity contribution in [3.8, 4) is 11.1 Å². The van der Waals surface area contributed by atoms with Gasteiger partial charge in [-0.2, -0.15) is 0 Å². The number of fused-ring (bicyclic) bond motifs is 14. The quantitative estimate of drug-likeness (QED) is 0.0969. The highest BCUT2D eigenvalue weighted by Gasteiger charge is 2.45. The van der Waals surface area contributed by atoms with E-state index in [1.165, 1.54) is 126 Å². The SMILES string of the molecule is CC(C)(C)c1cc(C2c3cc4cc5c6ccccc6c6ccccc6c5cc4cc3B3c4c(cc(N(c5ccccc5)c5ccccc5)cc42)-c2cc(C(C)(C)C)cc4c5cc(C(C)(C)C)ccc5n3c24)cc(C(C)(C)C)c1. The van der Waals surface area contributed by atoms with E-state index in [1.54, 1.807) is 0 Å². The lowest BCUT2D eigenvalue weighted by atomic mass is 9.41. The Bertz CT molecular complexity index is 4400. The molecular weight excluding hydrogens is 940 g/mol. The lowest BCUT2D eigenvalue weighted by molar-refractivity contribution is 0.566. The molecule has 1 aromatic heterocycles. The van der Waals surface area contributed by atoms with E-state index in [0.29, 0.717) is 0 Å². The van der Waals surface area contributed by atoms with Crippen molar-refractivity contribution in [2.75, 3.05) is 4.90 Å². The molecule has 12 aromatic rings. The molecule has 2 aliphatic heterocycles. The van der Waals surface area contributed by atoms with Crippen LogP contribution in [-0.2, 0) is 21.7 Å². The van der Waals surface area contributed by atoms with Crippen LogP contribution in [0.15, 0.2) is 194 Å². The van der Waals surface area contributed by atoms with Crippen LogP contribution < -0.4 is 15.8 Å². The Morgan fingerprint density at radius 1 is 0.359 bits per heavy atom. The molecule has 0 fully saturated rings. The summed E-state index contributed by atoms with van der Waals surface area (Å²) in [5.41, 5.74) is 20.7. The van der Waals surface area contributed by atoms with Crippen molar-refractivity contribution >= 4 is 99.7 Å². The van der Waals surface area contributed by atoms with Crippen molar-refractivity contribution < 1.29 is 0 Å². The van der Waals surface area contributed by atoms with Gasteiger partial charge in [-0.3, -0.25) is 0 Å². The van der Waals surface area contributed by atoms with Gasteiger partial charge in [0, 0.05) is 50.3 Å². The zero-order valence-corrected chi connectivity index (χ0v) is 47.5. The molecule has 0 radical (unpaired) electrons. The summed E-state index contributed by atoms with van der Waals surface area (Å²) in [6.45, 7) is 28.4. The van der Waals surface area contributed by atoms with Crippen molar-refractivity contribution in [1.82, 2.24) is 4.48 Å². The fourth-order valence-corrected chi connectivity index (χ4v) is 13.6. The fraction of sp³-hybridized carbons (Fsp3) is 0.227. The molecule has 2 nitrogen and oxygen atoms in total. The van der Waals surface area contributed by atoms with Crippen molar-refractivity contribution in [3.63, 3.8) is 0 Å². The minimum Gasteiger partial charge on any atom is -0.375 e. The largest absolute Gasteiger partial charge is 0.375 e. The number of hydrogen-bond donors (Lipinski definition) is 0. The van der Waals surface area contributed by atoms with Gasteiger partial charge in [-0.05, 0) is 193 Å². The molecule has 78 heavy (non-hydrogen) atoms. The van der Waals surface area contributed by atoms with Gasteiger partial charge in [-0.1, -0.05) is 204 Å². The van der Waals surface area contributed by atoms with Gasteiger partial charge >= 0.3 is 6.85 Å². The number of hydrogen-bond acceptors (Lipinski definition) is 1. The third kappa shape index (κ3) is 7.44. The summed E-state index contributed by atoms with van der Waals surface area (Å²) in [6, 6.07) is 75.7. The molecule has 0 saturated carbocycles. The first-order valence-electron chi connectivity index (χ1n) is 28.4. The van der Waals surface area contributed by atoms with E-state index in [-0.39, 0.29) is 34.4 Å². The van der Waals surface area contributed by atoms with Crippen LogP contribution in [0.5, 0.6) is 0 Å². The topological polar surface area (TPSA) is 8.17 Å². The highest BCUT2D eigenvalue weighted by Crippen LogP contribution is 2.50. The molecule has 0 bridgehead atoms. The Labute approximate surface area is 461 Å². The summed E-state index contributed by atoms with van der Waals surface area (Å²) >= 11 is 0. The van der Waals surface area contributed by atoms with Crippen LogP contribution in [0.3, 0.4) is 0 Å². The highest BCUT2D eigenvalue weighted by molar-refractivity contribution is 6.88. The molecule has 3 heteroatoms. The molecule has 382 valence electrons. The number of aromatic nitrogens is 1. The molecule has 0 aliphatic carbocycles. The van der Waals surface area contributed by atoms with Crippen molar-refractivity contribution in [1.29, 1.82) is 0 Å². The van der Waals surface area contributed by atoms with Gasteiger partial charge in [-0.25, -0.2) is 0 Å². The second-order valence-electron chi connectivity index (χ2n) is 27.0. The standard InChI is InChI=1S/C75H69BN2/c1-72(2,3)48-31-32-68-61(40-48)63-41-51(75(10,11)12)42-64-62-43-54(77(52-23-15-13-16-24-52)53-25-17-14-18-26-53)44-66-69(47-33-49(73(4,5)6)39-50(34-47)74(7,8)9)65-37-45-35-59-57-29-21-19-27-55(57)56-28-20-22-30-58(56)60(59)36-46(45)38-67(65)76(70(62)66)78(68)71(63)64/h13-44,69H,1-12H3. The minimum absolute atomic E-state index is 0.0218. The third-order valence-electron chi connectivity index (χ3n) is 17.8. The van der Waals surface area contributed by atoms with E-state index in [2.05, 4.69) is 287 Å². The lowest BCUT2D eigenvalue weighted by Crippen LogP contribution is -2.57. The summed E-state index contributed by atoms with van der Waals surface area (Å²) in [5, 5.41) is 13.0. The molecule has 11 aromatic carbocycles. The normalized spacial score (nSPS) is 14.5. The fourth-order valence-electron chi connectivity index (χ4n) is 13.6. The van der Waals surface area contributed by atoms with Crippen LogP contribution in [-0.4, -0.2) is 11.3 Å².